The molecule has 0 radical (unpaired) electrons. The minimum atomic E-state index is 0.0549. The summed E-state index contributed by atoms with van der Waals surface area (Å²) in [6, 6.07) is 3.88. The molecule has 0 aliphatic heterocycles. The molecule has 0 N–H and O–H groups in total. The van der Waals surface area contributed by atoms with E-state index in [0.29, 0.717) is 17.4 Å². The first-order valence-corrected chi connectivity index (χ1v) is 8.34. The zero-order valence-electron chi connectivity index (χ0n) is 13.6. The second kappa shape index (κ2) is 7.35. The summed E-state index contributed by atoms with van der Waals surface area (Å²) < 4.78 is 1.56. The third-order valence-corrected chi connectivity index (χ3v) is 4.59. The third kappa shape index (κ3) is 3.75. The highest BCUT2D eigenvalue weighted by Gasteiger charge is 2.22. The van der Waals surface area contributed by atoms with Crippen molar-refractivity contribution in [1.82, 2.24) is 24.6 Å². The lowest BCUT2D eigenvalue weighted by Crippen LogP contribution is -2.37. The van der Waals surface area contributed by atoms with Gasteiger partial charge in [0.15, 0.2) is 5.82 Å². The number of hydrogen-bond acceptors (Lipinski definition) is 4. The van der Waals surface area contributed by atoms with E-state index in [1.807, 2.05) is 11.9 Å². The predicted octanol–water partition coefficient (Wildman–Crippen LogP) is 2.85. The molecular weight excluding hydrogens is 290 g/mol. The van der Waals surface area contributed by atoms with Crippen LogP contribution in [0, 0.1) is 0 Å². The number of rotatable bonds is 3. The smallest absolute Gasteiger partial charge is 0.254 e. The standard InChI is InChI=1S/C17H23N5O/c1-21(15-7-5-3-2-4-6-8-15)17(23)14-9-10-19-16(11-14)22-13-18-12-20-22/h9-13,15H,2-8H2,1H3. The number of pyridine rings is 1. The minimum absolute atomic E-state index is 0.0549. The normalized spacial score (nSPS) is 16.6. The highest BCUT2D eigenvalue weighted by molar-refractivity contribution is 5.94. The Kier molecular flexibility index (Phi) is 5.00. The second-order valence-electron chi connectivity index (χ2n) is 6.16. The molecule has 23 heavy (non-hydrogen) atoms. The molecule has 0 spiro atoms. The number of hydrogen-bond donors (Lipinski definition) is 0. The van der Waals surface area contributed by atoms with Gasteiger partial charge in [-0.3, -0.25) is 4.79 Å². The van der Waals surface area contributed by atoms with Crippen molar-refractivity contribution in [2.45, 2.75) is 51.0 Å². The van der Waals surface area contributed by atoms with Crippen LogP contribution in [0.1, 0.15) is 55.3 Å². The highest BCUT2D eigenvalue weighted by atomic mass is 16.2. The van der Waals surface area contributed by atoms with Crippen molar-refractivity contribution in [3.8, 4) is 5.82 Å². The average Bonchev–Trinajstić information content (AvgIpc) is 3.08. The van der Waals surface area contributed by atoms with Crippen molar-refractivity contribution in [1.29, 1.82) is 0 Å². The Hall–Kier alpha value is -2.24. The van der Waals surface area contributed by atoms with Crippen molar-refractivity contribution >= 4 is 5.91 Å². The van der Waals surface area contributed by atoms with Gasteiger partial charge in [-0.15, -0.1) is 0 Å². The van der Waals surface area contributed by atoms with Gasteiger partial charge in [0.1, 0.15) is 12.7 Å². The first kappa shape index (κ1) is 15.6. The van der Waals surface area contributed by atoms with Crippen LogP contribution in [-0.4, -0.2) is 43.6 Å². The van der Waals surface area contributed by atoms with Gasteiger partial charge in [0.05, 0.1) is 0 Å². The molecule has 6 heteroatoms. The van der Waals surface area contributed by atoms with Gasteiger partial charge in [-0.2, -0.15) is 5.10 Å². The fraction of sp³-hybridized carbons (Fsp3) is 0.529. The van der Waals surface area contributed by atoms with Gasteiger partial charge in [-0.05, 0) is 25.0 Å². The Morgan fingerprint density at radius 2 is 1.96 bits per heavy atom. The van der Waals surface area contributed by atoms with E-state index < -0.39 is 0 Å². The van der Waals surface area contributed by atoms with Crippen LogP contribution < -0.4 is 0 Å². The van der Waals surface area contributed by atoms with Crippen LogP contribution >= 0.6 is 0 Å². The number of nitrogens with zero attached hydrogens (tertiary/aromatic N) is 5. The minimum Gasteiger partial charge on any atom is -0.339 e. The summed E-state index contributed by atoms with van der Waals surface area (Å²) >= 11 is 0. The molecule has 6 nitrogen and oxygen atoms in total. The van der Waals surface area contributed by atoms with Gasteiger partial charge in [-0.1, -0.05) is 32.1 Å². The summed E-state index contributed by atoms with van der Waals surface area (Å²) in [5.41, 5.74) is 0.648. The number of carbonyl (C=O) groups excluding carboxylic acids is 1. The van der Waals surface area contributed by atoms with E-state index in [1.165, 1.54) is 38.4 Å². The summed E-state index contributed by atoms with van der Waals surface area (Å²) in [6.45, 7) is 0. The lowest BCUT2D eigenvalue weighted by Gasteiger charge is -2.30. The number of amides is 1. The molecule has 1 aliphatic carbocycles. The van der Waals surface area contributed by atoms with Gasteiger partial charge >= 0.3 is 0 Å². The van der Waals surface area contributed by atoms with Crippen LogP contribution in [0.3, 0.4) is 0 Å². The molecule has 1 fully saturated rings. The molecule has 1 aliphatic rings. The maximum atomic E-state index is 12.8. The Labute approximate surface area is 136 Å². The molecule has 1 saturated carbocycles. The topological polar surface area (TPSA) is 63.9 Å². The van der Waals surface area contributed by atoms with Crippen LogP contribution in [-0.2, 0) is 0 Å². The Bertz CT molecular complexity index is 632. The molecular formula is C17H23N5O. The molecule has 0 aromatic carbocycles. The van der Waals surface area contributed by atoms with Gasteiger partial charge < -0.3 is 4.90 Å². The van der Waals surface area contributed by atoms with Crippen molar-refractivity contribution < 1.29 is 4.79 Å². The molecule has 0 atom stereocenters. The van der Waals surface area contributed by atoms with Gasteiger partial charge in [-0.25, -0.2) is 14.6 Å². The van der Waals surface area contributed by atoms with E-state index >= 15 is 0 Å². The molecule has 0 bridgehead atoms. The lowest BCUT2D eigenvalue weighted by molar-refractivity contribution is 0.0706. The SMILES string of the molecule is CN(C(=O)c1ccnc(-n2cncn2)c1)C1CCCCCCC1. The fourth-order valence-electron chi connectivity index (χ4n) is 3.19. The first-order chi connectivity index (χ1) is 11.3. The summed E-state index contributed by atoms with van der Waals surface area (Å²) in [4.78, 5) is 22.9. The van der Waals surface area contributed by atoms with Gasteiger partial charge in [0.2, 0.25) is 0 Å². The summed E-state index contributed by atoms with van der Waals surface area (Å²) in [7, 11) is 1.92. The Morgan fingerprint density at radius 1 is 1.22 bits per heavy atom. The molecule has 3 rings (SSSR count). The van der Waals surface area contributed by atoms with E-state index in [2.05, 4.69) is 15.1 Å². The quantitative estimate of drug-likeness (QED) is 0.874. The van der Waals surface area contributed by atoms with Crippen LogP contribution in [0.25, 0.3) is 5.82 Å². The van der Waals surface area contributed by atoms with E-state index in [4.69, 9.17) is 0 Å². The fourth-order valence-corrected chi connectivity index (χ4v) is 3.19. The summed E-state index contributed by atoms with van der Waals surface area (Å²) in [6.07, 6.45) is 13.2. The molecule has 0 unspecified atom stereocenters. The van der Waals surface area contributed by atoms with Crippen molar-refractivity contribution in [3.05, 3.63) is 36.5 Å². The van der Waals surface area contributed by atoms with E-state index in [9.17, 15) is 4.79 Å². The summed E-state index contributed by atoms with van der Waals surface area (Å²) in [5, 5.41) is 4.06. The maximum Gasteiger partial charge on any atom is 0.254 e. The van der Waals surface area contributed by atoms with Crippen molar-refractivity contribution in [2.24, 2.45) is 0 Å². The molecule has 0 saturated heterocycles. The van der Waals surface area contributed by atoms with Crippen molar-refractivity contribution in [2.75, 3.05) is 7.05 Å². The molecule has 2 heterocycles. The molecule has 122 valence electrons. The number of carbonyl (C=O) groups is 1. The molecule has 2 aromatic rings. The van der Waals surface area contributed by atoms with Crippen LogP contribution in [0.5, 0.6) is 0 Å². The Balaban J connectivity index is 1.75. The number of aromatic nitrogens is 4. The van der Waals surface area contributed by atoms with E-state index in [0.717, 1.165) is 12.8 Å². The Morgan fingerprint density at radius 3 is 2.65 bits per heavy atom. The first-order valence-electron chi connectivity index (χ1n) is 8.34. The second-order valence-corrected chi connectivity index (χ2v) is 6.16. The summed E-state index contributed by atoms with van der Waals surface area (Å²) in [5.74, 6) is 0.666. The molecule has 2 aromatic heterocycles. The van der Waals surface area contributed by atoms with E-state index in [-0.39, 0.29) is 5.91 Å². The van der Waals surface area contributed by atoms with E-state index in [1.54, 1.807) is 29.3 Å². The van der Waals surface area contributed by atoms with Gasteiger partial charge in [0, 0.05) is 24.8 Å². The predicted molar refractivity (Wildman–Crippen MR) is 87.4 cm³/mol. The maximum absolute atomic E-state index is 12.8. The average molecular weight is 313 g/mol. The third-order valence-electron chi connectivity index (χ3n) is 4.59. The largest absolute Gasteiger partial charge is 0.339 e. The van der Waals surface area contributed by atoms with Gasteiger partial charge in [0.25, 0.3) is 5.91 Å². The highest BCUT2D eigenvalue weighted by Crippen LogP contribution is 2.22. The van der Waals surface area contributed by atoms with Crippen LogP contribution in [0.2, 0.25) is 0 Å². The van der Waals surface area contributed by atoms with Crippen molar-refractivity contribution in [3.63, 3.8) is 0 Å². The zero-order valence-corrected chi connectivity index (χ0v) is 13.6. The van der Waals surface area contributed by atoms with Crippen LogP contribution in [0.4, 0.5) is 0 Å². The zero-order chi connectivity index (χ0) is 16.1. The van der Waals surface area contributed by atoms with Crippen LogP contribution in [0.15, 0.2) is 31.0 Å². The monoisotopic (exact) mass is 313 g/mol. The lowest BCUT2D eigenvalue weighted by atomic mass is 9.95. The molecule has 1 amide bonds.